The fourth-order valence-corrected chi connectivity index (χ4v) is 3.56. The van der Waals surface area contributed by atoms with Gasteiger partial charge in [-0.15, -0.1) is 0 Å². The monoisotopic (exact) mass is 399 g/mol. The predicted octanol–water partition coefficient (Wildman–Crippen LogP) is 2.85. The van der Waals surface area contributed by atoms with Crippen molar-refractivity contribution in [1.29, 1.82) is 0 Å². The number of nitro groups is 1. The van der Waals surface area contributed by atoms with Crippen LogP contribution >= 0.6 is 11.6 Å². The second kappa shape index (κ2) is 7.57. The van der Waals surface area contributed by atoms with Crippen LogP contribution in [0.3, 0.4) is 0 Å². The molecule has 0 N–H and O–H groups in total. The van der Waals surface area contributed by atoms with Gasteiger partial charge < -0.3 is 4.90 Å². The summed E-state index contributed by atoms with van der Waals surface area (Å²) in [5, 5.41) is 15.6. The van der Waals surface area contributed by atoms with E-state index in [9.17, 15) is 14.9 Å². The normalized spacial score (nSPS) is 15.1. The van der Waals surface area contributed by atoms with Crippen molar-refractivity contribution < 1.29 is 9.72 Å². The number of benzene rings is 1. The number of nitro benzene ring substituents is 1. The summed E-state index contributed by atoms with van der Waals surface area (Å²) in [5.41, 5.74) is 2.07. The largest absolute Gasteiger partial charge is 0.336 e. The lowest BCUT2D eigenvalue weighted by molar-refractivity contribution is -0.384. The number of amides is 1. The molecule has 2 aromatic heterocycles. The van der Waals surface area contributed by atoms with Crippen LogP contribution in [0.25, 0.3) is 5.52 Å². The minimum atomic E-state index is -0.577. The maximum absolute atomic E-state index is 12.7. The second-order valence-corrected chi connectivity index (χ2v) is 7.10. The first-order chi connectivity index (χ1) is 13.5. The average Bonchev–Trinajstić information content (AvgIpc) is 3.10. The van der Waals surface area contributed by atoms with Gasteiger partial charge in [0.2, 0.25) is 0 Å². The fourth-order valence-electron chi connectivity index (χ4n) is 3.37. The van der Waals surface area contributed by atoms with E-state index < -0.39 is 4.92 Å². The van der Waals surface area contributed by atoms with E-state index >= 15 is 0 Å². The Bertz CT molecular complexity index is 1010. The summed E-state index contributed by atoms with van der Waals surface area (Å²) in [7, 11) is 0. The quantitative estimate of drug-likeness (QED) is 0.497. The van der Waals surface area contributed by atoms with E-state index in [0.717, 1.165) is 30.8 Å². The molecule has 0 spiro atoms. The molecule has 3 heterocycles. The van der Waals surface area contributed by atoms with Gasteiger partial charge in [-0.2, -0.15) is 5.10 Å². The summed E-state index contributed by atoms with van der Waals surface area (Å²) >= 11 is 5.83. The number of pyridine rings is 1. The maximum atomic E-state index is 12.7. The number of carbonyl (C=O) groups is 1. The van der Waals surface area contributed by atoms with Gasteiger partial charge in [-0.1, -0.05) is 17.7 Å². The molecule has 1 aliphatic rings. The van der Waals surface area contributed by atoms with Crippen molar-refractivity contribution in [2.45, 2.75) is 6.54 Å². The Morgan fingerprint density at radius 2 is 1.93 bits per heavy atom. The van der Waals surface area contributed by atoms with Crippen LogP contribution in [0.4, 0.5) is 5.69 Å². The summed E-state index contributed by atoms with van der Waals surface area (Å²) in [6, 6.07) is 12.2. The third kappa shape index (κ3) is 3.69. The molecule has 0 radical (unpaired) electrons. The molecular formula is C19H18ClN5O3. The number of nitrogens with zero attached hydrogens (tertiary/aromatic N) is 5. The molecule has 8 nitrogen and oxygen atoms in total. The number of rotatable bonds is 4. The highest BCUT2D eigenvalue weighted by Crippen LogP contribution is 2.26. The van der Waals surface area contributed by atoms with Crippen LogP contribution in [0.1, 0.15) is 16.1 Å². The van der Waals surface area contributed by atoms with Crippen molar-refractivity contribution in [2.75, 3.05) is 26.2 Å². The van der Waals surface area contributed by atoms with Gasteiger partial charge >= 0.3 is 0 Å². The van der Waals surface area contributed by atoms with Gasteiger partial charge in [0, 0.05) is 50.6 Å². The molecule has 0 unspecified atom stereocenters. The molecule has 1 aromatic carbocycles. The number of fused-ring (bicyclic) bond motifs is 1. The van der Waals surface area contributed by atoms with Crippen LogP contribution in [-0.2, 0) is 6.54 Å². The number of carbonyl (C=O) groups excluding carboxylic acids is 1. The van der Waals surface area contributed by atoms with Crippen LogP contribution < -0.4 is 0 Å². The highest BCUT2D eigenvalue weighted by molar-refractivity contribution is 6.32. The summed E-state index contributed by atoms with van der Waals surface area (Å²) < 4.78 is 1.85. The highest BCUT2D eigenvalue weighted by atomic mass is 35.5. The number of piperazine rings is 1. The van der Waals surface area contributed by atoms with Gasteiger partial charge in [-0.05, 0) is 30.3 Å². The standard InChI is InChI=1S/C19H18ClN5O3/c20-17-5-4-14(11-18(17)25(27)28)19(26)23-9-7-22(8-10-23)13-15-12-16-3-1-2-6-24(16)21-15/h1-6,11-12H,7-10,13H2. The fraction of sp³-hybridized carbons (Fsp3) is 0.263. The number of halogens is 1. The Morgan fingerprint density at radius 3 is 2.64 bits per heavy atom. The molecule has 1 aliphatic heterocycles. The third-order valence-corrected chi connectivity index (χ3v) is 5.18. The van der Waals surface area contributed by atoms with Gasteiger partial charge in [-0.25, -0.2) is 4.52 Å². The van der Waals surface area contributed by atoms with Gasteiger partial charge in [0.05, 0.1) is 16.1 Å². The van der Waals surface area contributed by atoms with E-state index in [4.69, 9.17) is 11.6 Å². The van der Waals surface area contributed by atoms with E-state index in [2.05, 4.69) is 16.1 Å². The van der Waals surface area contributed by atoms with E-state index in [0.29, 0.717) is 13.1 Å². The van der Waals surface area contributed by atoms with Crippen molar-refractivity contribution in [3.05, 3.63) is 75.1 Å². The Hall–Kier alpha value is -2.97. The third-order valence-electron chi connectivity index (χ3n) is 4.86. The number of hydrogen-bond acceptors (Lipinski definition) is 5. The van der Waals surface area contributed by atoms with Crippen molar-refractivity contribution in [3.63, 3.8) is 0 Å². The smallest absolute Gasteiger partial charge is 0.288 e. The summed E-state index contributed by atoms with van der Waals surface area (Å²) in [6.07, 6.45) is 1.92. The first-order valence-corrected chi connectivity index (χ1v) is 9.28. The topological polar surface area (TPSA) is 84.0 Å². The molecule has 1 amide bonds. The minimum Gasteiger partial charge on any atom is -0.336 e. The van der Waals surface area contributed by atoms with Gasteiger partial charge in [0.15, 0.2) is 0 Å². The van der Waals surface area contributed by atoms with Crippen molar-refractivity contribution in [3.8, 4) is 0 Å². The Balaban J connectivity index is 1.39. The van der Waals surface area contributed by atoms with Crippen LogP contribution in [0.2, 0.25) is 5.02 Å². The molecule has 9 heteroatoms. The maximum Gasteiger partial charge on any atom is 0.288 e. The van der Waals surface area contributed by atoms with Gasteiger partial charge in [-0.3, -0.25) is 19.8 Å². The Kier molecular flexibility index (Phi) is 4.97. The molecule has 28 heavy (non-hydrogen) atoms. The number of hydrogen-bond donors (Lipinski definition) is 0. The SMILES string of the molecule is O=C(c1ccc(Cl)c([N+](=O)[O-])c1)N1CCN(Cc2cc3ccccn3n2)CC1. The van der Waals surface area contributed by atoms with Crippen molar-refractivity contribution in [2.24, 2.45) is 0 Å². The zero-order valence-electron chi connectivity index (χ0n) is 15.0. The molecule has 1 fully saturated rings. The van der Waals surface area contributed by atoms with Crippen LogP contribution in [0, 0.1) is 10.1 Å². The lowest BCUT2D eigenvalue weighted by atomic mass is 10.1. The lowest BCUT2D eigenvalue weighted by Crippen LogP contribution is -2.48. The second-order valence-electron chi connectivity index (χ2n) is 6.70. The first kappa shape index (κ1) is 18.4. The predicted molar refractivity (Wildman–Crippen MR) is 104 cm³/mol. The van der Waals surface area contributed by atoms with Crippen molar-refractivity contribution >= 4 is 28.7 Å². The highest BCUT2D eigenvalue weighted by Gasteiger charge is 2.24. The van der Waals surface area contributed by atoms with Gasteiger partial charge in [0.25, 0.3) is 11.6 Å². The van der Waals surface area contributed by atoms with E-state index in [1.54, 1.807) is 4.90 Å². The minimum absolute atomic E-state index is 0.0267. The molecule has 144 valence electrons. The van der Waals surface area contributed by atoms with Crippen LogP contribution in [0.15, 0.2) is 48.7 Å². The summed E-state index contributed by atoms with van der Waals surface area (Å²) in [6.45, 7) is 3.27. The molecule has 0 aliphatic carbocycles. The van der Waals surface area contributed by atoms with E-state index in [1.807, 2.05) is 28.9 Å². The lowest BCUT2D eigenvalue weighted by Gasteiger charge is -2.34. The molecule has 1 saturated heterocycles. The molecule has 0 saturated carbocycles. The summed E-state index contributed by atoms with van der Waals surface area (Å²) in [4.78, 5) is 27.1. The average molecular weight is 400 g/mol. The van der Waals surface area contributed by atoms with Crippen molar-refractivity contribution in [1.82, 2.24) is 19.4 Å². The molecule has 3 aromatic rings. The van der Waals surface area contributed by atoms with E-state index in [-0.39, 0.29) is 22.2 Å². The molecule has 4 rings (SSSR count). The molecule has 0 atom stereocenters. The zero-order valence-corrected chi connectivity index (χ0v) is 15.7. The molecule has 0 bridgehead atoms. The first-order valence-electron chi connectivity index (χ1n) is 8.90. The van der Waals surface area contributed by atoms with Crippen LogP contribution in [0.5, 0.6) is 0 Å². The van der Waals surface area contributed by atoms with Crippen LogP contribution in [-0.4, -0.2) is 56.4 Å². The summed E-state index contributed by atoms with van der Waals surface area (Å²) in [5.74, 6) is -0.216. The van der Waals surface area contributed by atoms with Gasteiger partial charge in [0.1, 0.15) is 5.02 Å². The number of aromatic nitrogens is 2. The van der Waals surface area contributed by atoms with E-state index in [1.165, 1.54) is 18.2 Å². The Morgan fingerprint density at radius 1 is 1.14 bits per heavy atom. The molecular weight excluding hydrogens is 382 g/mol. The zero-order chi connectivity index (χ0) is 19.7. The Labute approximate surface area is 166 Å².